The average Bonchev–Trinajstić information content (AvgIpc) is 3.30. The topological polar surface area (TPSA) is 105 Å². The number of aromatic amines is 2. The van der Waals surface area contributed by atoms with Gasteiger partial charge in [-0.25, -0.2) is 0 Å². The third kappa shape index (κ3) is 4.59. The number of pyridine rings is 2. The zero-order chi connectivity index (χ0) is 18.2. The van der Waals surface area contributed by atoms with Crippen molar-refractivity contribution in [1.29, 1.82) is 10.5 Å². The molecule has 0 unspecified atom stereocenters. The normalized spacial score (nSPS) is 9.32. The lowest BCUT2D eigenvalue weighted by atomic mass is 10.2. The van der Waals surface area contributed by atoms with Crippen molar-refractivity contribution in [1.82, 2.24) is 19.9 Å². The second kappa shape index (κ2) is 9.88. The molecule has 4 heterocycles. The van der Waals surface area contributed by atoms with Crippen molar-refractivity contribution >= 4 is 81.6 Å². The molecule has 0 radical (unpaired) electrons. The maximum absolute atomic E-state index is 8.77. The number of halogens is 3. The number of hydrogen-bond donors (Lipinski definition) is 2. The molecule has 0 saturated carbocycles. The summed E-state index contributed by atoms with van der Waals surface area (Å²) < 4.78 is 1.06. The molecule has 0 fully saturated rings. The minimum absolute atomic E-state index is 0.615. The van der Waals surface area contributed by atoms with Crippen LogP contribution in [0.25, 0.3) is 21.8 Å². The third-order valence-electron chi connectivity index (χ3n) is 3.26. The van der Waals surface area contributed by atoms with Crippen molar-refractivity contribution in [3.05, 3.63) is 57.9 Å². The molecule has 0 aromatic carbocycles. The predicted octanol–water partition coefficient (Wildman–Crippen LogP) is 5.25. The number of fused-ring (bicyclic) bond motifs is 2. The quantitative estimate of drug-likeness (QED) is 0.251. The Balaban J connectivity index is 0.000000165. The molecule has 0 aliphatic rings. The first kappa shape index (κ1) is 19.9. The van der Waals surface area contributed by atoms with E-state index in [2.05, 4.69) is 91.9 Å². The fourth-order valence-electron chi connectivity index (χ4n) is 2.19. The standard InChI is InChI=1S/C8H4IN3.C8H5N3.I2/c9-6-3-12-7-4-11-2-5(1-10)8(6)7;9-3-6-4-10-5-8-7(6)1-2-11-8;1-2/h2-4,12H;1-2,4-5,11H;. The van der Waals surface area contributed by atoms with Gasteiger partial charge in [0.25, 0.3) is 0 Å². The highest BCUT2D eigenvalue weighted by molar-refractivity contribution is 15.0. The van der Waals surface area contributed by atoms with Gasteiger partial charge in [-0.05, 0) is 28.7 Å². The largest absolute Gasteiger partial charge is 0.360 e. The Hall–Kier alpha value is -1.45. The van der Waals surface area contributed by atoms with Gasteiger partial charge >= 0.3 is 0 Å². The van der Waals surface area contributed by atoms with E-state index in [-0.39, 0.29) is 0 Å². The van der Waals surface area contributed by atoms with Crippen LogP contribution in [0.4, 0.5) is 0 Å². The van der Waals surface area contributed by atoms with Crippen LogP contribution >= 0.6 is 59.8 Å². The average molecular weight is 666 g/mol. The van der Waals surface area contributed by atoms with Gasteiger partial charge in [0.1, 0.15) is 12.1 Å². The summed E-state index contributed by atoms with van der Waals surface area (Å²) in [7, 11) is 0. The van der Waals surface area contributed by atoms with E-state index in [9.17, 15) is 0 Å². The molecule has 0 bridgehead atoms. The van der Waals surface area contributed by atoms with Gasteiger partial charge < -0.3 is 9.97 Å². The Morgan fingerprint density at radius 3 is 2.20 bits per heavy atom. The van der Waals surface area contributed by atoms with E-state index in [1.165, 1.54) is 0 Å². The summed E-state index contributed by atoms with van der Waals surface area (Å²) in [6.07, 6.45) is 10.2. The van der Waals surface area contributed by atoms with E-state index in [0.717, 1.165) is 25.4 Å². The van der Waals surface area contributed by atoms with Crippen molar-refractivity contribution in [3.63, 3.8) is 0 Å². The highest BCUT2D eigenvalue weighted by atomic mass is 128. The van der Waals surface area contributed by atoms with Crippen LogP contribution in [0.2, 0.25) is 0 Å². The Kier molecular flexibility index (Phi) is 7.86. The minimum atomic E-state index is 0.615. The first-order chi connectivity index (χ1) is 12.2. The van der Waals surface area contributed by atoms with Crippen LogP contribution in [0.1, 0.15) is 11.1 Å². The van der Waals surface area contributed by atoms with Gasteiger partial charge in [0, 0.05) is 76.4 Å². The number of hydrogen-bond acceptors (Lipinski definition) is 4. The first-order valence-corrected chi connectivity index (χ1v) is 14.1. The maximum Gasteiger partial charge on any atom is 0.102 e. The highest BCUT2D eigenvalue weighted by Gasteiger charge is 2.05. The SMILES string of the molecule is II.N#Cc1cncc2[nH]cc(I)c12.N#Cc1cncc2[nH]ccc12. The molecular weight excluding hydrogens is 657 g/mol. The number of H-pyrrole nitrogens is 2. The summed E-state index contributed by atoms with van der Waals surface area (Å²) >= 11 is 6.43. The summed E-state index contributed by atoms with van der Waals surface area (Å²) in [5.74, 6) is 0. The number of aromatic nitrogens is 4. The molecule has 4 rings (SSSR count). The van der Waals surface area contributed by atoms with Gasteiger partial charge in [-0.15, -0.1) is 0 Å². The van der Waals surface area contributed by atoms with Gasteiger partial charge in [0.05, 0.1) is 34.6 Å². The molecule has 2 N–H and O–H groups in total. The summed E-state index contributed by atoms with van der Waals surface area (Å²) in [5.41, 5.74) is 3.06. The molecule has 0 aliphatic heterocycles. The second-order valence-electron chi connectivity index (χ2n) is 4.60. The molecule has 0 atom stereocenters. The first-order valence-electron chi connectivity index (χ1n) is 6.70. The summed E-state index contributed by atoms with van der Waals surface area (Å²) in [6.45, 7) is 0. The Morgan fingerprint density at radius 2 is 1.52 bits per heavy atom. The fourth-order valence-corrected chi connectivity index (χ4v) is 2.93. The van der Waals surface area contributed by atoms with Gasteiger partial charge in [0.15, 0.2) is 0 Å². The lowest BCUT2D eigenvalue weighted by Crippen LogP contribution is -1.80. The molecule has 0 aliphatic carbocycles. The molecular formula is C16H9I3N6. The fraction of sp³-hybridized carbons (Fsp3) is 0. The summed E-state index contributed by atoms with van der Waals surface area (Å²) in [4.78, 5) is 13.9. The zero-order valence-corrected chi connectivity index (χ0v) is 18.9. The second-order valence-corrected chi connectivity index (χ2v) is 5.76. The zero-order valence-electron chi connectivity index (χ0n) is 12.5. The van der Waals surface area contributed by atoms with Crippen molar-refractivity contribution in [3.8, 4) is 12.1 Å². The number of rotatable bonds is 0. The minimum Gasteiger partial charge on any atom is -0.360 e. The molecule has 0 saturated heterocycles. The van der Waals surface area contributed by atoms with Gasteiger partial charge in [-0.1, -0.05) is 0 Å². The molecule has 25 heavy (non-hydrogen) atoms. The van der Waals surface area contributed by atoms with Gasteiger partial charge in [0.2, 0.25) is 0 Å². The van der Waals surface area contributed by atoms with E-state index in [4.69, 9.17) is 10.5 Å². The van der Waals surface area contributed by atoms with Crippen molar-refractivity contribution in [2.24, 2.45) is 0 Å². The maximum atomic E-state index is 8.77. The van der Waals surface area contributed by atoms with Crippen LogP contribution < -0.4 is 0 Å². The van der Waals surface area contributed by atoms with Gasteiger partial charge in [-0.3, -0.25) is 9.97 Å². The molecule has 4 aromatic rings. The van der Waals surface area contributed by atoms with Crippen LogP contribution in [0.5, 0.6) is 0 Å². The smallest absolute Gasteiger partial charge is 0.102 e. The summed E-state index contributed by atoms with van der Waals surface area (Å²) in [5, 5.41) is 19.3. The highest BCUT2D eigenvalue weighted by Crippen LogP contribution is 2.21. The van der Waals surface area contributed by atoms with Crippen LogP contribution in [-0.4, -0.2) is 19.9 Å². The van der Waals surface area contributed by atoms with Crippen LogP contribution in [0.15, 0.2) is 43.2 Å². The van der Waals surface area contributed by atoms with E-state index in [1.54, 1.807) is 31.0 Å². The Labute approximate surface area is 180 Å². The molecule has 0 amide bonds. The van der Waals surface area contributed by atoms with Gasteiger partial charge in [-0.2, -0.15) is 10.5 Å². The molecule has 9 heteroatoms. The number of nitrogens with one attached hydrogen (secondary N) is 2. The van der Waals surface area contributed by atoms with Crippen molar-refractivity contribution in [2.75, 3.05) is 0 Å². The van der Waals surface area contributed by atoms with E-state index >= 15 is 0 Å². The van der Waals surface area contributed by atoms with Crippen LogP contribution in [-0.2, 0) is 0 Å². The molecule has 6 nitrogen and oxygen atoms in total. The van der Waals surface area contributed by atoms with E-state index in [1.807, 2.05) is 12.3 Å². The number of nitrogens with zero attached hydrogens (tertiary/aromatic N) is 4. The third-order valence-corrected chi connectivity index (χ3v) is 4.11. The van der Waals surface area contributed by atoms with Crippen molar-refractivity contribution < 1.29 is 0 Å². The Morgan fingerprint density at radius 1 is 0.880 bits per heavy atom. The van der Waals surface area contributed by atoms with Crippen LogP contribution in [0, 0.1) is 26.2 Å². The van der Waals surface area contributed by atoms with E-state index < -0.39 is 0 Å². The molecule has 4 aromatic heterocycles. The Bertz CT molecular complexity index is 1070. The lowest BCUT2D eigenvalue weighted by molar-refractivity contribution is 1.32. The van der Waals surface area contributed by atoms with E-state index in [0.29, 0.717) is 11.1 Å². The molecule has 124 valence electrons. The van der Waals surface area contributed by atoms with Crippen molar-refractivity contribution in [2.45, 2.75) is 0 Å². The predicted molar refractivity (Wildman–Crippen MR) is 122 cm³/mol. The summed E-state index contributed by atoms with van der Waals surface area (Å²) in [6, 6.07) is 6.05. The monoisotopic (exact) mass is 666 g/mol. The molecule has 0 spiro atoms. The van der Waals surface area contributed by atoms with Crippen LogP contribution in [0.3, 0.4) is 0 Å². The number of nitriles is 2. The lowest BCUT2D eigenvalue weighted by Gasteiger charge is -1.91.